The van der Waals surface area contributed by atoms with E-state index in [0.29, 0.717) is 13.0 Å². The normalized spacial score (nSPS) is 20.3. The van der Waals surface area contributed by atoms with Crippen molar-refractivity contribution >= 4 is 21.4 Å². The van der Waals surface area contributed by atoms with E-state index in [0.717, 1.165) is 18.6 Å². The largest absolute Gasteiger partial charge is 0.393 e. The molecule has 0 aliphatic carbocycles. The predicted octanol–water partition coefficient (Wildman–Crippen LogP) is 0.977. The van der Waals surface area contributed by atoms with Crippen LogP contribution in [0.25, 0.3) is 0 Å². The number of rotatable bonds is 4. The fourth-order valence-electron chi connectivity index (χ4n) is 2.32. The van der Waals surface area contributed by atoms with Gasteiger partial charge in [-0.2, -0.15) is 4.31 Å². The van der Waals surface area contributed by atoms with Crippen LogP contribution in [0, 0.1) is 10.1 Å². The zero-order valence-electron chi connectivity index (χ0n) is 11.6. The second-order valence-corrected chi connectivity index (χ2v) is 6.78. The predicted molar refractivity (Wildman–Crippen MR) is 76.3 cm³/mol. The number of anilines is 1. The topological polar surface area (TPSA) is 116 Å². The van der Waals surface area contributed by atoms with E-state index >= 15 is 0 Å². The third kappa shape index (κ3) is 3.14. The first-order valence-corrected chi connectivity index (χ1v) is 7.87. The molecule has 1 aliphatic rings. The van der Waals surface area contributed by atoms with Gasteiger partial charge in [-0.25, -0.2) is 8.42 Å². The van der Waals surface area contributed by atoms with Crippen LogP contribution in [0.5, 0.6) is 0 Å². The monoisotopic (exact) mass is 315 g/mol. The van der Waals surface area contributed by atoms with Crippen molar-refractivity contribution in [1.29, 1.82) is 0 Å². The number of nitrogen functional groups attached to an aromatic ring is 1. The van der Waals surface area contributed by atoms with Gasteiger partial charge in [0.05, 0.1) is 15.9 Å². The molecule has 1 unspecified atom stereocenters. The van der Waals surface area contributed by atoms with Crippen molar-refractivity contribution in [2.24, 2.45) is 0 Å². The number of hydrogen-bond donors (Lipinski definition) is 1. The van der Waals surface area contributed by atoms with E-state index in [1.807, 2.05) is 0 Å². The van der Waals surface area contributed by atoms with E-state index in [1.165, 1.54) is 10.4 Å². The first kappa shape index (κ1) is 15.7. The maximum Gasteiger partial charge on any atom is 0.292 e. The van der Waals surface area contributed by atoms with E-state index in [-0.39, 0.29) is 28.9 Å². The van der Waals surface area contributed by atoms with Crippen LogP contribution >= 0.6 is 0 Å². The smallest absolute Gasteiger partial charge is 0.292 e. The first-order valence-electron chi connectivity index (χ1n) is 6.43. The lowest BCUT2D eigenvalue weighted by molar-refractivity contribution is -0.383. The van der Waals surface area contributed by atoms with Gasteiger partial charge < -0.3 is 10.5 Å². The summed E-state index contributed by atoms with van der Waals surface area (Å²) in [6.07, 6.45) is 1.38. The first-order chi connectivity index (χ1) is 9.86. The van der Waals surface area contributed by atoms with Crippen molar-refractivity contribution in [2.45, 2.75) is 23.8 Å². The molecule has 0 radical (unpaired) electrons. The number of nitrogens with zero attached hydrogens (tertiary/aromatic N) is 2. The van der Waals surface area contributed by atoms with Gasteiger partial charge in [0.15, 0.2) is 0 Å². The Labute approximate surface area is 122 Å². The summed E-state index contributed by atoms with van der Waals surface area (Å²) in [5.41, 5.74) is 5.08. The van der Waals surface area contributed by atoms with Crippen molar-refractivity contribution in [2.75, 3.05) is 25.9 Å². The van der Waals surface area contributed by atoms with Gasteiger partial charge in [-0.1, -0.05) is 0 Å². The number of piperidine rings is 1. The number of hydrogen-bond acceptors (Lipinski definition) is 6. The molecule has 1 aromatic carbocycles. The zero-order chi connectivity index (χ0) is 15.6. The van der Waals surface area contributed by atoms with Gasteiger partial charge in [-0.15, -0.1) is 0 Å². The number of ether oxygens (including phenoxy) is 1. The molecule has 1 fully saturated rings. The van der Waals surface area contributed by atoms with Crippen LogP contribution in [0.15, 0.2) is 23.1 Å². The van der Waals surface area contributed by atoms with Crippen LogP contribution in [-0.4, -0.2) is 43.9 Å². The summed E-state index contributed by atoms with van der Waals surface area (Å²) < 4.78 is 31.6. The molecule has 1 aliphatic heterocycles. The quantitative estimate of drug-likeness (QED) is 0.503. The van der Waals surface area contributed by atoms with Gasteiger partial charge in [0.25, 0.3) is 5.69 Å². The van der Waals surface area contributed by atoms with E-state index in [4.69, 9.17) is 10.5 Å². The molecule has 116 valence electrons. The Kier molecular flexibility index (Phi) is 4.45. The Morgan fingerprint density at radius 2 is 2.19 bits per heavy atom. The molecule has 0 amide bonds. The van der Waals surface area contributed by atoms with E-state index in [1.54, 1.807) is 7.11 Å². The van der Waals surface area contributed by atoms with Crippen molar-refractivity contribution in [3.63, 3.8) is 0 Å². The molecule has 0 spiro atoms. The fraction of sp³-hybridized carbons (Fsp3) is 0.500. The molecule has 1 saturated heterocycles. The lowest BCUT2D eigenvalue weighted by atomic mass is 10.1. The Morgan fingerprint density at radius 3 is 2.76 bits per heavy atom. The summed E-state index contributed by atoms with van der Waals surface area (Å²) in [5.74, 6) is 0. The maximum absolute atomic E-state index is 12.5. The molecule has 9 heteroatoms. The molecule has 0 aromatic heterocycles. The van der Waals surface area contributed by atoms with Gasteiger partial charge >= 0.3 is 0 Å². The average molecular weight is 315 g/mol. The molecule has 2 rings (SSSR count). The van der Waals surface area contributed by atoms with E-state index < -0.39 is 14.9 Å². The number of sulfonamides is 1. The molecule has 1 heterocycles. The van der Waals surface area contributed by atoms with E-state index in [2.05, 4.69) is 0 Å². The highest BCUT2D eigenvalue weighted by Crippen LogP contribution is 2.27. The SMILES string of the molecule is COC1CCCN(S(=O)(=O)c2ccc([N+](=O)[O-])c(N)c2)C1. The van der Waals surface area contributed by atoms with E-state index in [9.17, 15) is 18.5 Å². The van der Waals surface area contributed by atoms with Crippen molar-refractivity contribution in [1.82, 2.24) is 4.31 Å². The number of nitro groups is 1. The summed E-state index contributed by atoms with van der Waals surface area (Å²) in [7, 11) is -2.17. The third-order valence-corrected chi connectivity index (χ3v) is 5.37. The van der Waals surface area contributed by atoms with Gasteiger partial charge in [0.2, 0.25) is 10.0 Å². The summed E-state index contributed by atoms with van der Waals surface area (Å²) in [4.78, 5) is 10.0. The minimum absolute atomic E-state index is 0.0395. The van der Waals surface area contributed by atoms with Gasteiger partial charge in [0.1, 0.15) is 5.69 Å². The number of nitrogens with two attached hydrogens (primary N) is 1. The summed E-state index contributed by atoms with van der Waals surface area (Å²) >= 11 is 0. The highest BCUT2D eigenvalue weighted by atomic mass is 32.2. The lowest BCUT2D eigenvalue weighted by Gasteiger charge is -2.31. The van der Waals surface area contributed by atoms with Crippen LogP contribution in [0.4, 0.5) is 11.4 Å². The molecule has 0 saturated carbocycles. The summed E-state index contributed by atoms with van der Waals surface area (Å²) in [5, 5.41) is 10.7. The zero-order valence-corrected chi connectivity index (χ0v) is 12.4. The minimum atomic E-state index is -3.72. The molecular formula is C12H17N3O5S. The van der Waals surface area contributed by atoms with Crippen molar-refractivity contribution in [3.8, 4) is 0 Å². The molecule has 1 atom stereocenters. The Balaban J connectivity index is 2.31. The molecule has 8 nitrogen and oxygen atoms in total. The fourth-order valence-corrected chi connectivity index (χ4v) is 3.87. The standard InChI is InChI=1S/C12H17N3O5S/c1-20-9-3-2-6-14(8-9)21(18,19)10-4-5-12(15(16)17)11(13)7-10/h4-5,7,9H,2-3,6,8,13H2,1H3. The van der Waals surface area contributed by atoms with Gasteiger partial charge in [0, 0.05) is 26.3 Å². The summed E-state index contributed by atoms with van der Waals surface area (Å²) in [6.45, 7) is 0.675. The second kappa shape index (κ2) is 5.96. The molecule has 2 N–H and O–H groups in total. The molecule has 1 aromatic rings. The lowest BCUT2D eigenvalue weighted by Crippen LogP contribution is -2.42. The number of methoxy groups -OCH3 is 1. The maximum atomic E-state index is 12.5. The number of nitro benzene ring substituents is 1. The Hall–Kier alpha value is -1.71. The van der Waals surface area contributed by atoms with Crippen molar-refractivity contribution < 1.29 is 18.1 Å². The molecule has 21 heavy (non-hydrogen) atoms. The average Bonchev–Trinajstić information content (AvgIpc) is 2.46. The van der Waals surface area contributed by atoms with Crippen LogP contribution in [0.1, 0.15) is 12.8 Å². The van der Waals surface area contributed by atoms with Crippen molar-refractivity contribution in [3.05, 3.63) is 28.3 Å². The van der Waals surface area contributed by atoms with Crippen LogP contribution in [-0.2, 0) is 14.8 Å². The molecule has 0 bridgehead atoms. The Bertz CT molecular complexity index is 646. The highest BCUT2D eigenvalue weighted by Gasteiger charge is 2.31. The Morgan fingerprint density at radius 1 is 1.48 bits per heavy atom. The third-order valence-electron chi connectivity index (χ3n) is 3.51. The molecular weight excluding hydrogens is 298 g/mol. The van der Waals surface area contributed by atoms with Crippen LogP contribution in [0.2, 0.25) is 0 Å². The second-order valence-electron chi connectivity index (χ2n) is 4.84. The summed E-state index contributed by atoms with van der Waals surface area (Å²) in [6, 6.07) is 3.45. The number of benzene rings is 1. The van der Waals surface area contributed by atoms with Gasteiger partial charge in [-0.05, 0) is 25.0 Å². The van der Waals surface area contributed by atoms with Gasteiger partial charge in [-0.3, -0.25) is 10.1 Å². The highest BCUT2D eigenvalue weighted by molar-refractivity contribution is 7.89. The van der Waals surface area contributed by atoms with Crippen LogP contribution in [0.3, 0.4) is 0 Å². The minimum Gasteiger partial charge on any atom is -0.393 e. The van der Waals surface area contributed by atoms with Crippen LogP contribution < -0.4 is 5.73 Å².